The second kappa shape index (κ2) is 8.65. The number of hydrogen-bond acceptors (Lipinski definition) is 3. The van der Waals surface area contributed by atoms with Gasteiger partial charge in [0.1, 0.15) is 0 Å². The summed E-state index contributed by atoms with van der Waals surface area (Å²) >= 11 is 3.59. The molecule has 1 unspecified atom stereocenters. The van der Waals surface area contributed by atoms with Gasteiger partial charge in [-0.3, -0.25) is 0 Å². The van der Waals surface area contributed by atoms with Crippen molar-refractivity contribution >= 4 is 21.6 Å². The highest BCUT2D eigenvalue weighted by molar-refractivity contribution is 9.10. The molecule has 0 saturated heterocycles. The number of anilines is 1. The second-order valence-corrected chi connectivity index (χ2v) is 6.66. The van der Waals surface area contributed by atoms with Crippen molar-refractivity contribution in [3.8, 4) is 0 Å². The molecule has 1 atom stereocenters. The summed E-state index contributed by atoms with van der Waals surface area (Å²) in [5.74, 6) is 0. The van der Waals surface area contributed by atoms with Crippen molar-refractivity contribution in [2.45, 2.75) is 32.7 Å². The number of hydrogen-bond donors (Lipinski definition) is 1. The molecule has 114 valence electrons. The molecular weight excluding hydrogens is 314 g/mol. The highest BCUT2D eigenvalue weighted by Gasteiger charge is 2.12. The smallest absolute Gasteiger partial charge is 0.0411 e. The van der Waals surface area contributed by atoms with Crippen LogP contribution in [0.15, 0.2) is 22.7 Å². The third-order valence-corrected chi connectivity index (χ3v) is 3.73. The van der Waals surface area contributed by atoms with E-state index in [2.05, 4.69) is 71.9 Å². The molecule has 4 heteroatoms. The SMILES string of the molecule is CCCN(CCN(C)C)c1cc(Br)ccc1CC(C)N. The monoisotopic (exact) mass is 341 g/mol. The van der Waals surface area contributed by atoms with E-state index >= 15 is 0 Å². The van der Waals surface area contributed by atoms with Crippen LogP contribution in [0.2, 0.25) is 0 Å². The van der Waals surface area contributed by atoms with Gasteiger partial charge in [-0.25, -0.2) is 0 Å². The van der Waals surface area contributed by atoms with E-state index in [9.17, 15) is 0 Å². The number of nitrogens with zero attached hydrogens (tertiary/aromatic N) is 2. The normalized spacial score (nSPS) is 12.8. The Morgan fingerprint density at radius 2 is 1.90 bits per heavy atom. The molecule has 0 aliphatic carbocycles. The molecule has 0 bridgehead atoms. The molecule has 0 aliphatic heterocycles. The largest absolute Gasteiger partial charge is 0.370 e. The molecule has 1 rings (SSSR count). The molecule has 3 nitrogen and oxygen atoms in total. The minimum atomic E-state index is 0.187. The lowest BCUT2D eigenvalue weighted by molar-refractivity contribution is 0.412. The predicted octanol–water partition coefficient (Wildman–Crippen LogP) is 3.12. The van der Waals surface area contributed by atoms with Crippen molar-refractivity contribution in [3.63, 3.8) is 0 Å². The third kappa shape index (κ3) is 5.81. The Kier molecular flexibility index (Phi) is 7.56. The third-order valence-electron chi connectivity index (χ3n) is 3.24. The minimum Gasteiger partial charge on any atom is -0.370 e. The molecule has 0 aliphatic rings. The van der Waals surface area contributed by atoms with Crippen molar-refractivity contribution in [2.75, 3.05) is 38.6 Å². The molecule has 1 aromatic carbocycles. The van der Waals surface area contributed by atoms with E-state index < -0.39 is 0 Å². The first-order valence-electron chi connectivity index (χ1n) is 7.37. The number of halogens is 1. The van der Waals surface area contributed by atoms with Gasteiger partial charge in [0.2, 0.25) is 0 Å². The van der Waals surface area contributed by atoms with Crippen LogP contribution >= 0.6 is 15.9 Å². The average Bonchev–Trinajstić information content (AvgIpc) is 2.36. The molecule has 0 radical (unpaired) electrons. The Labute approximate surface area is 132 Å². The summed E-state index contributed by atoms with van der Waals surface area (Å²) in [6.45, 7) is 7.48. The molecule has 0 fully saturated rings. The lowest BCUT2D eigenvalue weighted by Gasteiger charge is -2.29. The molecule has 0 amide bonds. The van der Waals surface area contributed by atoms with Crippen molar-refractivity contribution in [1.29, 1.82) is 0 Å². The van der Waals surface area contributed by atoms with Gasteiger partial charge in [-0.15, -0.1) is 0 Å². The standard InChI is InChI=1S/C16H28BrN3/c1-5-8-20(10-9-19(3)4)16-12-15(17)7-6-14(16)11-13(2)18/h6-7,12-13H,5,8-11,18H2,1-4H3. The van der Waals surface area contributed by atoms with Crippen LogP contribution in [0.5, 0.6) is 0 Å². The highest BCUT2D eigenvalue weighted by Crippen LogP contribution is 2.26. The first kappa shape index (κ1) is 17.5. The summed E-state index contributed by atoms with van der Waals surface area (Å²) in [4.78, 5) is 4.70. The van der Waals surface area contributed by atoms with E-state index in [0.29, 0.717) is 0 Å². The number of benzene rings is 1. The maximum atomic E-state index is 5.99. The fraction of sp³-hybridized carbons (Fsp3) is 0.625. The highest BCUT2D eigenvalue weighted by atomic mass is 79.9. The van der Waals surface area contributed by atoms with Crippen LogP contribution in [0.1, 0.15) is 25.8 Å². The zero-order valence-corrected chi connectivity index (χ0v) is 14.8. The van der Waals surface area contributed by atoms with Crippen molar-refractivity contribution < 1.29 is 0 Å². The Morgan fingerprint density at radius 3 is 2.45 bits per heavy atom. The van der Waals surface area contributed by atoms with Gasteiger partial charge < -0.3 is 15.5 Å². The first-order valence-corrected chi connectivity index (χ1v) is 8.17. The van der Waals surface area contributed by atoms with Crippen LogP contribution in [0.25, 0.3) is 0 Å². The molecule has 0 saturated carbocycles. The lowest BCUT2D eigenvalue weighted by atomic mass is 10.0. The van der Waals surface area contributed by atoms with Crippen LogP contribution in [-0.4, -0.2) is 44.7 Å². The van der Waals surface area contributed by atoms with E-state index in [4.69, 9.17) is 5.73 Å². The molecule has 1 aromatic rings. The van der Waals surface area contributed by atoms with Gasteiger partial charge in [0.15, 0.2) is 0 Å². The zero-order chi connectivity index (χ0) is 15.1. The van der Waals surface area contributed by atoms with Gasteiger partial charge in [-0.05, 0) is 51.6 Å². The summed E-state index contributed by atoms with van der Waals surface area (Å²) in [5.41, 5.74) is 8.65. The second-order valence-electron chi connectivity index (χ2n) is 5.74. The van der Waals surface area contributed by atoms with Gasteiger partial charge in [0, 0.05) is 35.8 Å². The summed E-state index contributed by atoms with van der Waals surface area (Å²) < 4.78 is 1.13. The Balaban J connectivity index is 2.99. The summed E-state index contributed by atoms with van der Waals surface area (Å²) in [6.07, 6.45) is 2.07. The van der Waals surface area contributed by atoms with Crippen molar-refractivity contribution in [3.05, 3.63) is 28.2 Å². The maximum Gasteiger partial charge on any atom is 0.0411 e. The quantitative estimate of drug-likeness (QED) is 0.788. The van der Waals surface area contributed by atoms with Crippen LogP contribution in [0.4, 0.5) is 5.69 Å². The van der Waals surface area contributed by atoms with E-state index in [1.165, 1.54) is 11.3 Å². The number of nitrogens with two attached hydrogens (primary N) is 1. The fourth-order valence-corrected chi connectivity index (χ4v) is 2.64. The van der Waals surface area contributed by atoms with Crippen LogP contribution < -0.4 is 10.6 Å². The number of likely N-dealkylation sites (N-methyl/N-ethyl adjacent to an activating group) is 1. The summed E-state index contributed by atoms with van der Waals surface area (Å²) in [5, 5.41) is 0. The fourth-order valence-electron chi connectivity index (χ4n) is 2.29. The van der Waals surface area contributed by atoms with E-state index in [-0.39, 0.29) is 6.04 Å². The van der Waals surface area contributed by atoms with Gasteiger partial charge in [0.25, 0.3) is 0 Å². The Bertz CT molecular complexity index is 405. The molecule has 2 N–H and O–H groups in total. The van der Waals surface area contributed by atoms with E-state index in [1.807, 2.05) is 0 Å². The maximum absolute atomic E-state index is 5.99. The van der Waals surface area contributed by atoms with Gasteiger partial charge in [-0.2, -0.15) is 0 Å². The Morgan fingerprint density at radius 1 is 1.20 bits per heavy atom. The summed E-state index contributed by atoms with van der Waals surface area (Å²) in [7, 11) is 4.24. The topological polar surface area (TPSA) is 32.5 Å². The first-order chi connectivity index (χ1) is 9.43. The van der Waals surface area contributed by atoms with Gasteiger partial charge in [-0.1, -0.05) is 28.9 Å². The van der Waals surface area contributed by atoms with Crippen molar-refractivity contribution in [1.82, 2.24) is 4.90 Å². The van der Waals surface area contributed by atoms with Crippen LogP contribution in [-0.2, 0) is 6.42 Å². The van der Waals surface area contributed by atoms with Crippen LogP contribution in [0.3, 0.4) is 0 Å². The molecule has 0 spiro atoms. The predicted molar refractivity (Wildman–Crippen MR) is 92.6 cm³/mol. The molecule has 0 heterocycles. The Hall–Kier alpha value is -0.580. The molecule has 20 heavy (non-hydrogen) atoms. The lowest BCUT2D eigenvalue weighted by Crippen LogP contribution is -2.33. The molecule has 0 aromatic heterocycles. The minimum absolute atomic E-state index is 0.187. The zero-order valence-electron chi connectivity index (χ0n) is 13.2. The van der Waals surface area contributed by atoms with Crippen LogP contribution in [0, 0.1) is 0 Å². The van der Waals surface area contributed by atoms with Gasteiger partial charge in [0.05, 0.1) is 0 Å². The number of rotatable bonds is 8. The van der Waals surface area contributed by atoms with Crippen molar-refractivity contribution in [2.24, 2.45) is 5.73 Å². The average molecular weight is 342 g/mol. The summed E-state index contributed by atoms with van der Waals surface area (Å²) in [6, 6.07) is 6.72. The molecular formula is C16H28BrN3. The van der Waals surface area contributed by atoms with Gasteiger partial charge >= 0.3 is 0 Å². The van der Waals surface area contributed by atoms with E-state index in [0.717, 1.165) is 36.9 Å². The van der Waals surface area contributed by atoms with E-state index in [1.54, 1.807) is 0 Å².